The predicted molar refractivity (Wildman–Crippen MR) is 96.1 cm³/mol. The molecule has 8 heteroatoms. The molecule has 0 spiro atoms. The van der Waals surface area contributed by atoms with Crippen molar-refractivity contribution in [2.75, 3.05) is 6.54 Å². The second-order valence-electron chi connectivity index (χ2n) is 6.79. The molecule has 0 saturated carbocycles. The number of amides is 2. The van der Waals surface area contributed by atoms with Crippen LogP contribution in [0.15, 0.2) is 30.5 Å². The van der Waals surface area contributed by atoms with Crippen LogP contribution in [0.1, 0.15) is 48.3 Å². The molecule has 1 fully saturated rings. The highest BCUT2D eigenvalue weighted by Gasteiger charge is 2.28. The van der Waals surface area contributed by atoms with Gasteiger partial charge in [0.15, 0.2) is 0 Å². The van der Waals surface area contributed by atoms with E-state index >= 15 is 0 Å². The van der Waals surface area contributed by atoms with Gasteiger partial charge in [-0.1, -0.05) is 12.1 Å². The number of rotatable bonds is 5. The molecule has 27 heavy (non-hydrogen) atoms. The van der Waals surface area contributed by atoms with Crippen LogP contribution >= 0.6 is 0 Å². The smallest absolute Gasteiger partial charge is 0.333 e. The van der Waals surface area contributed by atoms with Crippen LogP contribution in [0.5, 0.6) is 0 Å². The standard InChI is InChI=1S/C19H22F2N4O2/c1-12-16(11-25(23-12)19(20)21)13-5-4-6-14(9-13)18(27)24-8-3-2-7-15(24)10-17(22)26/h4-6,9,11,15,19H,2-3,7-8,10H2,1H3,(H2,22,26)/t15-/m1/s1. The maximum absolute atomic E-state index is 13.0. The molecular weight excluding hydrogens is 354 g/mol. The molecule has 1 atom stereocenters. The average molecular weight is 376 g/mol. The fourth-order valence-corrected chi connectivity index (χ4v) is 3.56. The fraction of sp³-hybridized carbons (Fsp3) is 0.421. The Morgan fingerprint density at radius 1 is 1.33 bits per heavy atom. The van der Waals surface area contributed by atoms with E-state index in [4.69, 9.17) is 5.73 Å². The summed E-state index contributed by atoms with van der Waals surface area (Å²) >= 11 is 0. The molecule has 0 bridgehead atoms. The first-order valence-corrected chi connectivity index (χ1v) is 8.90. The monoisotopic (exact) mass is 376 g/mol. The first-order valence-electron chi connectivity index (χ1n) is 8.90. The molecule has 2 amide bonds. The molecule has 1 aliphatic rings. The Kier molecular flexibility index (Phi) is 5.53. The van der Waals surface area contributed by atoms with Crippen molar-refractivity contribution in [3.05, 3.63) is 41.7 Å². The lowest BCUT2D eigenvalue weighted by atomic mass is 9.97. The quantitative estimate of drug-likeness (QED) is 0.870. The number of aromatic nitrogens is 2. The number of aryl methyl sites for hydroxylation is 1. The highest BCUT2D eigenvalue weighted by Crippen LogP contribution is 2.27. The molecule has 1 aromatic carbocycles. The van der Waals surface area contributed by atoms with E-state index in [0.717, 1.165) is 19.3 Å². The number of benzene rings is 1. The summed E-state index contributed by atoms with van der Waals surface area (Å²) in [4.78, 5) is 26.0. The van der Waals surface area contributed by atoms with Crippen molar-refractivity contribution >= 4 is 11.8 Å². The summed E-state index contributed by atoms with van der Waals surface area (Å²) in [5.41, 5.74) is 7.43. The van der Waals surface area contributed by atoms with Crippen LogP contribution in [0.3, 0.4) is 0 Å². The summed E-state index contributed by atoms with van der Waals surface area (Å²) in [6, 6.07) is 6.64. The number of likely N-dealkylation sites (tertiary alicyclic amines) is 1. The van der Waals surface area contributed by atoms with Gasteiger partial charge >= 0.3 is 6.55 Å². The van der Waals surface area contributed by atoms with Crippen LogP contribution in [-0.4, -0.2) is 39.1 Å². The number of halogens is 2. The molecule has 3 rings (SSSR count). The van der Waals surface area contributed by atoms with Crippen LogP contribution in [0.4, 0.5) is 8.78 Å². The third kappa shape index (κ3) is 4.15. The minimum absolute atomic E-state index is 0.145. The Bertz CT molecular complexity index is 850. The highest BCUT2D eigenvalue weighted by atomic mass is 19.3. The zero-order valence-corrected chi connectivity index (χ0v) is 15.1. The van der Waals surface area contributed by atoms with Crippen molar-refractivity contribution in [3.8, 4) is 11.1 Å². The Morgan fingerprint density at radius 2 is 2.11 bits per heavy atom. The van der Waals surface area contributed by atoms with E-state index in [0.29, 0.717) is 33.6 Å². The number of carbonyl (C=O) groups excluding carboxylic acids is 2. The number of hydrogen-bond acceptors (Lipinski definition) is 3. The summed E-state index contributed by atoms with van der Waals surface area (Å²) < 4.78 is 26.4. The van der Waals surface area contributed by atoms with Gasteiger partial charge in [-0.3, -0.25) is 9.59 Å². The van der Waals surface area contributed by atoms with Gasteiger partial charge in [-0.05, 0) is 43.9 Å². The van der Waals surface area contributed by atoms with Crippen molar-refractivity contribution in [2.45, 2.75) is 45.2 Å². The minimum Gasteiger partial charge on any atom is -0.370 e. The van der Waals surface area contributed by atoms with E-state index in [-0.39, 0.29) is 18.4 Å². The van der Waals surface area contributed by atoms with Gasteiger partial charge in [0.1, 0.15) is 0 Å². The Morgan fingerprint density at radius 3 is 2.78 bits per heavy atom. The van der Waals surface area contributed by atoms with Crippen LogP contribution in [0.25, 0.3) is 11.1 Å². The molecular formula is C19H22F2N4O2. The number of hydrogen-bond donors (Lipinski definition) is 1. The zero-order valence-electron chi connectivity index (χ0n) is 15.1. The summed E-state index contributed by atoms with van der Waals surface area (Å²) in [5.74, 6) is -0.606. The minimum atomic E-state index is -2.72. The number of alkyl halides is 2. The van der Waals surface area contributed by atoms with Crippen LogP contribution < -0.4 is 5.73 Å². The number of piperidine rings is 1. The fourth-order valence-electron chi connectivity index (χ4n) is 3.56. The number of nitrogens with two attached hydrogens (primary N) is 1. The Balaban J connectivity index is 1.88. The third-order valence-electron chi connectivity index (χ3n) is 4.86. The molecule has 6 nitrogen and oxygen atoms in total. The second-order valence-corrected chi connectivity index (χ2v) is 6.79. The van der Waals surface area contributed by atoms with E-state index in [1.165, 1.54) is 6.20 Å². The van der Waals surface area contributed by atoms with Crippen LogP contribution in [0.2, 0.25) is 0 Å². The predicted octanol–water partition coefficient (Wildman–Crippen LogP) is 3.12. The Hall–Kier alpha value is -2.77. The summed E-state index contributed by atoms with van der Waals surface area (Å²) in [6.45, 7) is -0.496. The van der Waals surface area contributed by atoms with Gasteiger partial charge in [0.2, 0.25) is 5.91 Å². The third-order valence-corrected chi connectivity index (χ3v) is 4.86. The lowest BCUT2D eigenvalue weighted by Gasteiger charge is -2.35. The molecule has 0 radical (unpaired) electrons. The average Bonchev–Trinajstić information content (AvgIpc) is 3.03. The van der Waals surface area contributed by atoms with E-state index in [9.17, 15) is 18.4 Å². The first-order chi connectivity index (χ1) is 12.9. The van der Waals surface area contributed by atoms with Gasteiger partial charge in [-0.15, -0.1) is 0 Å². The largest absolute Gasteiger partial charge is 0.370 e. The lowest BCUT2D eigenvalue weighted by Crippen LogP contribution is -2.45. The maximum Gasteiger partial charge on any atom is 0.333 e. The van der Waals surface area contributed by atoms with Gasteiger partial charge in [0.05, 0.1) is 5.69 Å². The summed E-state index contributed by atoms with van der Waals surface area (Å²) in [6.07, 6.45) is 4.00. The van der Waals surface area contributed by atoms with Gasteiger partial charge in [-0.25, -0.2) is 4.68 Å². The van der Waals surface area contributed by atoms with E-state index < -0.39 is 12.5 Å². The number of carbonyl (C=O) groups is 2. The van der Waals surface area contributed by atoms with E-state index in [2.05, 4.69) is 5.10 Å². The van der Waals surface area contributed by atoms with E-state index in [1.807, 2.05) is 0 Å². The Labute approximate surface area is 155 Å². The van der Waals surface area contributed by atoms with Crippen LogP contribution in [-0.2, 0) is 4.79 Å². The molecule has 1 saturated heterocycles. The number of nitrogens with zero attached hydrogens (tertiary/aromatic N) is 3. The van der Waals surface area contributed by atoms with E-state index in [1.54, 1.807) is 36.1 Å². The SMILES string of the molecule is Cc1nn(C(F)F)cc1-c1cccc(C(=O)N2CCCC[C@@H]2CC(N)=O)c1. The van der Waals surface area contributed by atoms with Crippen LogP contribution in [0, 0.1) is 6.92 Å². The van der Waals surface area contributed by atoms with Gasteiger partial charge in [0.25, 0.3) is 5.91 Å². The molecule has 144 valence electrons. The first kappa shape index (κ1) is 19.0. The molecule has 2 N–H and O–H groups in total. The van der Waals surface area contributed by atoms with Crippen molar-refractivity contribution in [3.63, 3.8) is 0 Å². The molecule has 0 aliphatic carbocycles. The van der Waals surface area contributed by atoms with Crippen molar-refractivity contribution in [1.82, 2.24) is 14.7 Å². The van der Waals surface area contributed by atoms with Crippen molar-refractivity contribution in [2.24, 2.45) is 5.73 Å². The molecule has 1 aliphatic heterocycles. The molecule has 2 aromatic rings. The second kappa shape index (κ2) is 7.85. The highest BCUT2D eigenvalue weighted by molar-refractivity contribution is 5.96. The lowest BCUT2D eigenvalue weighted by molar-refractivity contribution is -0.119. The zero-order chi connectivity index (χ0) is 19.6. The van der Waals surface area contributed by atoms with Crippen molar-refractivity contribution < 1.29 is 18.4 Å². The number of primary amides is 1. The summed E-state index contributed by atoms with van der Waals surface area (Å²) in [7, 11) is 0. The topological polar surface area (TPSA) is 81.2 Å². The van der Waals surface area contributed by atoms with Gasteiger partial charge in [0, 0.05) is 36.3 Å². The normalized spacial score (nSPS) is 17.3. The molecule has 0 unspecified atom stereocenters. The maximum atomic E-state index is 13.0. The summed E-state index contributed by atoms with van der Waals surface area (Å²) in [5, 5.41) is 3.82. The molecule has 2 heterocycles. The van der Waals surface area contributed by atoms with Gasteiger partial charge < -0.3 is 10.6 Å². The molecule has 1 aromatic heterocycles. The van der Waals surface area contributed by atoms with Crippen molar-refractivity contribution in [1.29, 1.82) is 0 Å². The van der Waals surface area contributed by atoms with Gasteiger partial charge in [-0.2, -0.15) is 13.9 Å².